The second kappa shape index (κ2) is 8.87. The molecule has 0 spiro atoms. The topological polar surface area (TPSA) is 30.2 Å². The van der Waals surface area contributed by atoms with Gasteiger partial charge in [0.1, 0.15) is 0 Å². The number of nitrogens with zero attached hydrogens (tertiary/aromatic N) is 3. The van der Waals surface area contributed by atoms with E-state index in [4.69, 9.17) is 9.97 Å². The van der Waals surface area contributed by atoms with E-state index < -0.39 is 0 Å². The third kappa shape index (κ3) is 3.16. The predicted octanol–water partition coefficient (Wildman–Crippen LogP) is 11.6. The van der Waals surface area contributed by atoms with Crippen molar-refractivity contribution in [2.24, 2.45) is 0 Å². The van der Waals surface area contributed by atoms with Crippen molar-refractivity contribution in [3.8, 4) is 22.6 Å². The summed E-state index contributed by atoms with van der Waals surface area (Å²) in [7, 11) is 0. The SMILES string of the molecule is c1ccc(-c2nc(-c3ccc4c(ccc5c4sc4c6cc7ccccc7c7c8ccccc8n(c54)c67)c3)c3ccccc3n2)cc1. The largest absolute Gasteiger partial charge is 0.306 e. The molecule has 0 radical (unpaired) electrons. The van der Waals surface area contributed by atoms with E-state index in [-0.39, 0.29) is 0 Å². The Hall–Kier alpha value is -5.84. The van der Waals surface area contributed by atoms with Crippen molar-refractivity contribution in [1.29, 1.82) is 0 Å². The minimum absolute atomic E-state index is 0.746. The minimum atomic E-state index is 0.746. The van der Waals surface area contributed by atoms with Gasteiger partial charge in [-0.2, -0.15) is 0 Å². The lowest BCUT2D eigenvalue weighted by atomic mass is 10.0. The Kier molecular flexibility index (Phi) is 4.72. The lowest BCUT2D eigenvalue weighted by Crippen LogP contribution is -1.95. The van der Waals surface area contributed by atoms with E-state index >= 15 is 0 Å². The maximum Gasteiger partial charge on any atom is 0.160 e. The number of rotatable bonds is 2. The number of hydrogen-bond donors (Lipinski definition) is 0. The third-order valence-corrected chi connectivity index (χ3v) is 10.9. The molecule has 0 aliphatic carbocycles. The van der Waals surface area contributed by atoms with E-state index in [9.17, 15) is 0 Å². The number of benzene rings is 7. The fraction of sp³-hybridized carbons (Fsp3) is 0. The number of aromatic nitrogens is 3. The molecule has 0 fully saturated rings. The molecule has 0 bridgehead atoms. The van der Waals surface area contributed by atoms with Crippen molar-refractivity contribution in [3.63, 3.8) is 0 Å². The summed E-state index contributed by atoms with van der Waals surface area (Å²) in [4.78, 5) is 10.1. The number of fused-ring (bicyclic) bond motifs is 13. The molecule has 0 atom stereocenters. The zero-order chi connectivity index (χ0) is 29.9. The van der Waals surface area contributed by atoms with E-state index in [1.807, 2.05) is 35.6 Å². The fourth-order valence-electron chi connectivity index (χ4n) is 7.68. The fourth-order valence-corrected chi connectivity index (χ4v) is 9.02. The Balaban J connectivity index is 1.19. The second-order valence-corrected chi connectivity index (χ2v) is 13.2. The smallest absolute Gasteiger partial charge is 0.160 e. The molecule has 0 N–H and O–H groups in total. The van der Waals surface area contributed by atoms with E-state index in [0.29, 0.717) is 0 Å². The molecule has 11 aromatic rings. The van der Waals surface area contributed by atoms with Crippen LogP contribution in [-0.2, 0) is 0 Å². The first kappa shape index (κ1) is 24.5. The average molecular weight is 602 g/mol. The highest BCUT2D eigenvalue weighted by atomic mass is 32.1. The van der Waals surface area contributed by atoms with Crippen molar-refractivity contribution in [1.82, 2.24) is 14.4 Å². The first-order valence-corrected chi connectivity index (χ1v) is 16.4. The number of para-hydroxylation sites is 2. The van der Waals surface area contributed by atoms with Crippen molar-refractivity contribution in [3.05, 3.63) is 140 Å². The lowest BCUT2D eigenvalue weighted by molar-refractivity contribution is 1.23. The molecule has 4 heteroatoms. The van der Waals surface area contributed by atoms with Crippen molar-refractivity contribution >= 4 is 91.3 Å². The molecule has 4 aromatic heterocycles. The quantitative estimate of drug-likeness (QED) is 0.197. The van der Waals surface area contributed by atoms with Crippen LogP contribution in [0.5, 0.6) is 0 Å². The highest BCUT2D eigenvalue weighted by molar-refractivity contribution is 7.27. The van der Waals surface area contributed by atoms with Gasteiger partial charge in [-0.1, -0.05) is 115 Å². The van der Waals surface area contributed by atoms with Gasteiger partial charge >= 0.3 is 0 Å². The number of thiophene rings is 1. The van der Waals surface area contributed by atoms with Crippen LogP contribution >= 0.6 is 11.3 Å². The molecule has 0 aliphatic rings. The van der Waals surface area contributed by atoms with Gasteiger partial charge in [-0.25, -0.2) is 9.97 Å². The van der Waals surface area contributed by atoms with Crippen LogP contribution in [0.1, 0.15) is 0 Å². The third-order valence-electron chi connectivity index (χ3n) is 9.68. The maximum atomic E-state index is 5.13. The zero-order valence-corrected chi connectivity index (χ0v) is 25.3. The first-order valence-electron chi connectivity index (χ1n) is 15.6. The van der Waals surface area contributed by atoms with Gasteiger partial charge in [0.15, 0.2) is 5.82 Å². The van der Waals surface area contributed by atoms with Crippen molar-refractivity contribution < 1.29 is 0 Å². The summed E-state index contributed by atoms with van der Waals surface area (Å²) in [5.41, 5.74) is 7.95. The molecule has 11 rings (SSSR count). The Morgan fingerprint density at radius 1 is 0.457 bits per heavy atom. The first-order chi connectivity index (χ1) is 22.8. The van der Waals surface area contributed by atoms with Crippen LogP contribution < -0.4 is 0 Å². The van der Waals surface area contributed by atoms with E-state index in [0.717, 1.165) is 33.5 Å². The molecule has 0 saturated heterocycles. The molecule has 46 heavy (non-hydrogen) atoms. The summed E-state index contributed by atoms with van der Waals surface area (Å²) >= 11 is 1.92. The predicted molar refractivity (Wildman–Crippen MR) is 195 cm³/mol. The minimum Gasteiger partial charge on any atom is -0.306 e. The summed E-state index contributed by atoms with van der Waals surface area (Å²) < 4.78 is 5.22. The van der Waals surface area contributed by atoms with Crippen LogP contribution in [0.2, 0.25) is 0 Å². The Morgan fingerprint density at radius 2 is 1.20 bits per heavy atom. The maximum absolute atomic E-state index is 5.13. The van der Waals surface area contributed by atoms with E-state index in [1.54, 1.807) is 0 Å². The highest BCUT2D eigenvalue weighted by Gasteiger charge is 2.23. The van der Waals surface area contributed by atoms with Gasteiger partial charge in [-0.3, -0.25) is 0 Å². The summed E-state index contributed by atoms with van der Waals surface area (Å²) in [6.07, 6.45) is 0. The normalized spacial score (nSPS) is 12.3. The molecule has 212 valence electrons. The van der Waals surface area contributed by atoms with Crippen LogP contribution in [0.3, 0.4) is 0 Å². The van der Waals surface area contributed by atoms with Gasteiger partial charge in [0.25, 0.3) is 0 Å². The summed E-state index contributed by atoms with van der Waals surface area (Å²) in [6.45, 7) is 0. The molecule has 7 aromatic carbocycles. The van der Waals surface area contributed by atoms with Gasteiger partial charge in [-0.05, 0) is 45.8 Å². The second-order valence-electron chi connectivity index (χ2n) is 12.2. The van der Waals surface area contributed by atoms with E-state index in [1.165, 1.54) is 69.0 Å². The van der Waals surface area contributed by atoms with Crippen molar-refractivity contribution in [2.45, 2.75) is 0 Å². The molecule has 0 amide bonds. The van der Waals surface area contributed by atoms with E-state index in [2.05, 4.69) is 120 Å². The van der Waals surface area contributed by atoms with Gasteiger partial charge in [0.2, 0.25) is 0 Å². The Bertz CT molecular complexity index is 3020. The van der Waals surface area contributed by atoms with Gasteiger partial charge in [0, 0.05) is 42.8 Å². The molecular weight excluding hydrogens is 579 g/mol. The highest BCUT2D eigenvalue weighted by Crippen LogP contribution is 2.49. The van der Waals surface area contributed by atoms with Gasteiger partial charge in [-0.15, -0.1) is 11.3 Å². The van der Waals surface area contributed by atoms with Gasteiger partial charge < -0.3 is 4.40 Å². The van der Waals surface area contributed by atoms with Crippen LogP contribution in [0.15, 0.2) is 140 Å². The summed E-state index contributed by atoms with van der Waals surface area (Å²) in [5, 5.41) is 11.5. The van der Waals surface area contributed by atoms with Crippen molar-refractivity contribution in [2.75, 3.05) is 0 Å². The zero-order valence-electron chi connectivity index (χ0n) is 24.5. The monoisotopic (exact) mass is 601 g/mol. The molecule has 0 unspecified atom stereocenters. The number of hydrogen-bond acceptors (Lipinski definition) is 3. The van der Waals surface area contributed by atoms with Crippen LogP contribution in [-0.4, -0.2) is 14.4 Å². The molecule has 0 aliphatic heterocycles. The summed E-state index contributed by atoms with van der Waals surface area (Å²) in [5.74, 6) is 0.746. The van der Waals surface area contributed by atoms with Crippen LogP contribution in [0, 0.1) is 0 Å². The molecule has 3 nitrogen and oxygen atoms in total. The summed E-state index contributed by atoms with van der Waals surface area (Å²) in [6, 6.07) is 50.1. The Labute approximate surface area is 266 Å². The van der Waals surface area contributed by atoms with Crippen LogP contribution in [0.25, 0.3) is 103 Å². The average Bonchev–Trinajstić information content (AvgIpc) is 3.77. The molecule has 4 heterocycles. The molecule has 0 saturated carbocycles. The van der Waals surface area contributed by atoms with Crippen LogP contribution in [0.4, 0.5) is 0 Å². The lowest BCUT2D eigenvalue weighted by Gasteiger charge is -2.10. The molecular formula is C42H23N3S. The van der Waals surface area contributed by atoms with Gasteiger partial charge in [0.05, 0.1) is 32.5 Å². The Morgan fingerprint density at radius 3 is 2.11 bits per heavy atom. The standard InChI is InChI=1S/C42H23N3S/c1-2-10-24(11-3-1)42-43-34-16-8-6-14-30(34)37(44-42)27-19-20-29-26(22-27)18-21-32-39-41(46-40(29)32)33-23-25-12-4-5-13-28(25)36-31-15-7-9-17-35(31)45(39)38(33)36/h1-23H.